The van der Waals surface area contributed by atoms with Crippen molar-refractivity contribution in [1.82, 2.24) is 9.88 Å². The molecule has 2 aromatic carbocycles. The van der Waals surface area contributed by atoms with Gasteiger partial charge in [-0.1, -0.05) is 18.2 Å². The zero-order valence-electron chi connectivity index (χ0n) is 14.8. The van der Waals surface area contributed by atoms with Crippen LogP contribution in [0.2, 0.25) is 0 Å². The minimum atomic E-state index is 0.197. The van der Waals surface area contributed by atoms with Crippen molar-refractivity contribution in [3.8, 4) is 11.5 Å². The van der Waals surface area contributed by atoms with Gasteiger partial charge in [0.25, 0.3) is 0 Å². The zero-order chi connectivity index (χ0) is 18.4. The highest BCUT2D eigenvalue weighted by Gasteiger charge is 2.24. The van der Waals surface area contributed by atoms with Crippen molar-refractivity contribution in [3.05, 3.63) is 57.7 Å². The minimum absolute atomic E-state index is 0.197. The van der Waals surface area contributed by atoms with E-state index in [1.54, 1.807) is 0 Å². The summed E-state index contributed by atoms with van der Waals surface area (Å²) in [6, 6.07) is 12.1. The maximum absolute atomic E-state index is 12.8. The number of para-hydroxylation sites is 1. The molecule has 1 amide bonds. The number of nitrogens with zero attached hydrogens (tertiary/aromatic N) is 1. The number of carbonyl (C=O) groups is 1. The Hall–Kier alpha value is -2.47. The van der Waals surface area contributed by atoms with E-state index < -0.39 is 0 Å². The van der Waals surface area contributed by atoms with Gasteiger partial charge < -0.3 is 19.4 Å². The number of aryl methyl sites for hydroxylation is 1. The van der Waals surface area contributed by atoms with Crippen molar-refractivity contribution >= 4 is 32.7 Å². The molecule has 1 N–H and O–H groups in total. The van der Waals surface area contributed by atoms with E-state index in [0.717, 1.165) is 40.0 Å². The molecule has 6 heteroatoms. The molecule has 27 heavy (non-hydrogen) atoms. The third-order valence-electron chi connectivity index (χ3n) is 5.38. The number of aromatic amines is 1. The predicted octanol–water partition coefficient (Wildman–Crippen LogP) is 4.18. The van der Waals surface area contributed by atoms with Gasteiger partial charge in [-0.15, -0.1) is 0 Å². The summed E-state index contributed by atoms with van der Waals surface area (Å²) in [6.45, 7) is 1.71. The number of amides is 1. The van der Waals surface area contributed by atoms with Crippen molar-refractivity contribution in [1.29, 1.82) is 0 Å². The van der Waals surface area contributed by atoms with E-state index in [9.17, 15) is 4.79 Å². The van der Waals surface area contributed by atoms with Crippen LogP contribution in [0, 0.1) is 0 Å². The van der Waals surface area contributed by atoms with Gasteiger partial charge in [0, 0.05) is 47.0 Å². The molecule has 1 aromatic heterocycles. The molecule has 0 spiro atoms. The summed E-state index contributed by atoms with van der Waals surface area (Å²) in [6.07, 6.45) is 2.07. The van der Waals surface area contributed by atoms with Crippen molar-refractivity contribution < 1.29 is 14.3 Å². The highest BCUT2D eigenvalue weighted by atomic mass is 79.9. The number of nitrogens with one attached hydrogen (secondary N) is 1. The van der Waals surface area contributed by atoms with Crippen molar-refractivity contribution in [3.63, 3.8) is 0 Å². The van der Waals surface area contributed by atoms with Gasteiger partial charge in [-0.2, -0.15) is 0 Å². The summed E-state index contributed by atoms with van der Waals surface area (Å²) in [7, 11) is 0. The lowest BCUT2D eigenvalue weighted by molar-refractivity contribution is -0.132. The van der Waals surface area contributed by atoms with Gasteiger partial charge in [-0.05, 0) is 46.1 Å². The zero-order valence-corrected chi connectivity index (χ0v) is 16.3. The summed E-state index contributed by atoms with van der Waals surface area (Å²) in [5.74, 6) is 1.74. The Morgan fingerprint density at radius 1 is 1.19 bits per heavy atom. The summed E-state index contributed by atoms with van der Waals surface area (Å²) in [4.78, 5) is 18.3. The number of halogens is 1. The number of rotatable bonds is 3. The second-order valence-corrected chi connectivity index (χ2v) is 7.85. The van der Waals surface area contributed by atoms with Gasteiger partial charge in [0.2, 0.25) is 12.7 Å². The summed E-state index contributed by atoms with van der Waals surface area (Å²) in [5, 5.41) is 1.20. The molecular weight excluding hydrogens is 408 g/mol. The summed E-state index contributed by atoms with van der Waals surface area (Å²) < 4.78 is 11.8. The van der Waals surface area contributed by atoms with Crippen LogP contribution < -0.4 is 9.47 Å². The van der Waals surface area contributed by atoms with Crippen LogP contribution in [-0.4, -0.2) is 29.1 Å². The first-order valence-electron chi connectivity index (χ1n) is 9.13. The van der Waals surface area contributed by atoms with Crippen LogP contribution in [0.15, 0.2) is 40.9 Å². The van der Waals surface area contributed by atoms with Crippen LogP contribution in [0.4, 0.5) is 0 Å². The Morgan fingerprint density at radius 2 is 2.07 bits per heavy atom. The van der Waals surface area contributed by atoms with E-state index in [2.05, 4.69) is 27.0 Å². The second kappa shape index (κ2) is 6.60. The maximum Gasteiger partial charge on any atom is 0.231 e. The Kier molecular flexibility index (Phi) is 4.08. The number of fused-ring (bicyclic) bond motifs is 4. The van der Waals surface area contributed by atoms with Gasteiger partial charge in [0.15, 0.2) is 11.5 Å². The highest BCUT2D eigenvalue weighted by Crippen LogP contribution is 2.34. The number of carbonyl (C=O) groups excluding carboxylic acids is 1. The quantitative estimate of drug-likeness (QED) is 0.683. The fourth-order valence-electron chi connectivity index (χ4n) is 3.92. The molecular formula is C21H19BrN2O3. The van der Waals surface area contributed by atoms with E-state index in [1.165, 1.54) is 16.6 Å². The molecule has 0 saturated carbocycles. The summed E-state index contributed by atoms with van der Waals surface area (Å²) >= 11 is 3.61. The third-order valence-corrected chi connectivity index (χ3v) is 6.04. The maximum atomic E-state index is 12.8. The standard InChI is InChI=1S/C21H19BrN2O3/c22-16-3-1-2-14-15-11-24(9-8-17(15)23-21(14)16)20(25)7-5-13-4-6-18-19(10-13)27-12-26-18/h1-4,6,10,23H,5,7-9,11-12H2. The van der Waals surface area contributed by atoms with E-state index in [-0.39, 0.29) is 12.7 Å². The van der Waals surface area contributed by atoms with Gasteiger partial charge in [0.05, 0.1) is 5.52 Å². The lowest BCUT2D eigenvalue weighted by atomic mass is 10.0. The molecule has 3 aromatic rings. The molecule has 0 bridgehead atoms. The average Bonchev–Trinajstić information content (AvgIpc) is 3.30. The van der Waals surface area contributed by atoms with Crippen molar-refractivity contribution in [2.75, 3.05) is 13.3 Å². The largest absolute Gasteiger partial charge is 0.454 e. The lowest BCUT2D eigenvalue weighted by Crippen LogP contribution is -2.35. The molecule has 0 saturated heterocycles. The third kappa shape index (κ3) is 2.98. The van der Waals surface area contributed by atoms with Gasteiger partial charge in [0.1, 0.15) is 0 Å². The van der Waals surface area contributed by atoms with E-state index in [0.29, 0.717) is 19.4 Å². The molecule has 0 atom stereocenters. The number of benzene rings is 2. The molecule has 0 fully saturated rings. The molecule has 2 aliphatic heterocycles. The van der Waals surface area contributed by atoms with E-state index in [4.69, 9.17) is 9.47 Å². The van der Waals surface area contributed by atoms with Crippen LogP contribution in [0.3, 0.4) is 0 Å². The molecule has 5 nitrogen and oxygen atoms in total. The van der Waals surface area contributed by atoms with E-state index >= 15 is 0 Å². The van der Waals surface area contributed by atoms with Crippen molar-refractivity contribution in [2.45, 2.75) is 25.8 Å². The van der Waals surface area contributed by atoms with Gasteiger partial charge in [-0.3, -0.25) is 4.79 Å². The highest BCUT2D eigenvalue weighted by molar-refractivity contribution is 9.10. The molecule has 0 unspecified atom stereocenters. The van der Waals surface area contributed by atoms with Crippen molar-refractivity contribution in [2.24, 2.45) is 0 Å². The van der Waals surface area contributed by atoms with Crippen LogP contribution >= 0.6 is 15.9 Å². The van der Waals surface area contributed by atoms with Crippen LogP contribution in [0.1, 0.15) is 23.2 Å². The number of H-pyrrole nitrogens is 1. The number of ether oxygens (including phenoxy) is 2. The topological polar surface area (TPSA) is 54.6 Å². The first kappa shape index (κ1) is 16.7. The lowest BCUT2D eigenvalue weighted by Gasteiger charge is -2.27. The van der Waals surface area contributed by atoms with Gasteiger partial charge >= 0.3 is 0 Å². The summed E-state index contributed by atoms with van der Waals surface area (Å²) in [5.41, 5.74) is 4.71. The Bertz CT molecular complexity index is 1040. The Morgan fingerprint density at radius 3 is 3.00 bits per heavy atom. The molecule has 0 radical (unpaired) electrons. The Balaban J connectivity index is 1.29. The smallest absolute Gasteiger partial charge is 0.231 e. The van der Waals surface area contributed by atoms with Crippen LogP contribution in [-0.2, 0) is 24.2 Å². The number of aromatic nitrogens is 1. The fourth-order valence-corrected chi connectivity index (χ4v) is 4.39. The Labute approximate surface area is 165 Å². The molecule has 3 heterocycles. The first-order chi connectivity index (χ1) is 13.2. The first-order valence-corrected chi connectivity index (χ1v) is 9.92. The molecule has 0 aliphatic carbocycles. The number of hydrogen-bond donors (Lipinski definition) is 1. The van der Waals surface area contributed by atoms with Crippen LogP contribution in [0.5, 0.6) is 11.5 Å². The van der Waals surface area contributed by atoms with Crippen LogP contribution in [0.25, 0.3) is 10.9 Å². The molecule has 138 valence electrons. The number of hydrogen-bond acceptors (Lipinski definition) is 3. The second-order valence-electron chi connectivity index (χ2n) is 7.00. The van der Waals surface area contributed by atoms with E-state index in [1.807, 2.05) is 35.2 Å². The average molecular weight is 427 g/mol. The molecule has 2 aliphatic rings. The predicted molar refractivity (Wildman–Crippen MR) is 106 cm³/mol. The van der Waals surface area contributed by atoms with Gasteiger partial charge in [-0.25, -0.2) is 0 Å². The SMILES string of the molecule is O=C(CCc1ccc2c(c1)OCO2)N1CCc2[nH]c3c(Br)cccc3c2C1. The normalized spacial score (nSPS) is 15.2. The molecule has 5 rings (SSSR count). The minimum Gasteiger partial charge on any atom is -0.454 e. The fraction of sp³-hybridized carbons (Fsp3) is 0.286. The monoisotopic (exact) mass is 426 g/mol.